The lowest BCUT2D eigenvalue weighted by Gasteiger charge is -2.29. The predicted molar refractivity (Wildman–Crippen MR) is 85.7 cm³/mol. The van der Waals surface area contributed by atoms with Crippen LogP contribution in [0.15, 0.2) is 24.3 Å². The minimum absolute atomic E-state index is 0.00184. The zero-order valence-electron chi connectivity index (χ0n) is 14.4. The summed E-state index contributed by atoms with van der Waals surface area (Å²) in [5, 5.41) is 0. The molecular formula is C19H17F5O3. The van der Waals surface area contributed by atoms with Gasteiger partial charge in [-0.3, -0.25) is 0 Å². The lowest BCUT2D eigenvalue weighted by molar-refractivity contribution is -0.209. The van der Waals surface area contributed by atoms with Crippen molar-refractivity contribution in [2.75, 3.05) is 19.8 Å². The molecule has 0 aliphatic carbocycles. The van der Waals surface area contributed by atoms with Crippen molar-refractivity contribution in [2.24, 2.45) is 5.92 Å². The molecule has 0 N–H and O–H groups in total. The van der Waals surface area contributed by atoms with Gasteiger partial charge in [-0.05, 0) is 36.2 Å². The summed E-state index contributed by atoms with van der Waals surface area (Å²) in [4.78, 5) is 0. The highest BCUT2D eigenvalue weighted by Crippen LogP contribution is 2.29. The van der Waals surface area contributed by atoms with Crippen LogP contribution >= 0.6 is 0 Å². The van der Waals surface area contributed by atoms with Crippen molar-refractivity contribution in [3.8, 4) is 5.75 Å². The molecule has 1 aliphatic rings. The Bertz CT molecular complexity index is 773. The van der Waals surface area contributed by atoms with Crippen LogP contribution in [-0.4, -0.2) is 19.8 Å². The van der Waals surface area contributed by atoms with E-state index in [0.717, 1.165) is 12.1 Å². The summed E-state index contributed by atoms with van der Waals surface area (Å²) >= 11 is 0. The van der Waals surface area contributed by atoms with Gasteiger partial charge in [0.2, 0.25) is 0 Å². The van der Waals surface area contributed by atoms with Crippen molar-refractivity contribution in [3.05, 3.63) is 64.5 Å². The summed E-state index contributed by atoms with van der Waals surface area (Å²) in [7, 11) is 0. The monoisotopic (exact) mass is 388 g/mol. The second kappa shape index (κ2) is 8.22. The van der Waals surface area contributed by atoms with Crippen molar-refractivity contribution < 1.29 is 36.2 Å². The Kier molecular flexibility index (Phi) is 5.96. The molecule has 0 unspecified atom stereocenters. The van der Waals surface area contributed by atoms with E-state index in [-0.39, 0.29) is 31.3 Å². The maximum atomic E-state index is 13.9. The number of halogens is 5. The van der Waals surface area contributed by atoms with E-state index in [1.165, 1.54) is 12.1 Å². The van der Waals surface area contributed by atoms with Crippen LogP contribution in [0.1, 0.15) is 24.3 Å². The lowest BCUT2D eigenvalue weighted by atomic mass is 10.1. The van der Waals surface area contributed by atoms with Gasteiger partial charge in [-0.2, -0.15) is 0 Å². The number of ether oxygens (including phenoxy) is 3. The number of benzene rings is 2. The molecule has 0 aromatic heterocycles. The van der Waals surface area contributed by atoms with Crippen LogP contribution in [0.2, 0.25) is 0 Å². The highest BCUT2D eigenvalue weighted by atomic mass is 19.2. The molecule has 0 atom stereocenters. The van der Waals surface area contributed by atoms with Gasteiger partial charge in [0.1, 0.15) is 0 Å². The maximum absolute atomic E-state index is 13.9. The van der Waals surface area contributed by atoms with E-state index in [1.54, 1.807) is 6.92 Å². The van der Waals surface area contributed by atoms with Crippen molar-refractivity contribution in [2.45, 2.75) is 19.6 Å². The predicted octanol–water partition coefficient (Wildman–Crippen LogP) is 4.69. The Hall–Kier alpha value is -2.19. The Morgan fingerprint density at radius 3 is 1.96 bits per heavy atom. The van der Waals surface area contributed by atoms with Crippen LogP contribution in [-0.2, 0) is 15.9 Å². The standard InChI is InChI=1S/C19H17F5O3/c1-2-10-3-15(22)18(16(23)4-10)25-7-11-8-26-19(27-9-11)12-5-13(20)17(24)14(21)6-12/h3-6,11,19H,2,7-9H2,1H3. The van der Waals surface area contributed by atoms with Gasteiger partial charge in [0.25, 0.3) is 0 Å². The molecule has 0 amide bonds. The molecule has 1 aliphatic heterocycles. The molecule has 0 spiro atoms. The quantitative estimate of drug-likeness (QED) is 0.550. The third-order valence-corrected chi connectivity index (χ3v) is 4.17. The number of rotatable bonds is 5. The van der Waals surface area contributed by atoms with Crippen molar-refractivity contribution in [1.29, 1.82) is 0 Å². The number of hydrogen-bond donors (Lipinski definition) is 0. The smallest absolute Gasteiger partial charge is 0.194 e. The molecule has 2 aromatic carbocycles. The second-order valence-electron chi connectivity index (χ2n) is 6.22. The van der Waals surface area contributed by atoms with E-state index < -0.39 is 41.1 Å². The molecule has 1 saturated heterocycles. The first-order valence-electron chi connectivity index (χ1n) is 8.37. The summed E-state index contributed by atoms with van der Waals surface area (Å²) in [6, 6.07) is 4.00. The highest BCUT2D eigenvalue weighted by molar-refractivity contribution is 5.31. The summed E-state index contributed by atoms with van der Waals surface area (Å²) in [6.45, 7) is 1.85. The van der Waals surface area contributed by atoms with Crippen molar-refractivity contribution in [3.63, 3.8) is 0 Å². The van der Waals surface area contributed by atoms with E-state index in [9.17, 15) is 22.0 Å². The maximum Gasteiger partial charge on any atom is 0.194 e. The zero-order chi connectivity index (χ0) is 19.6. The van der Waals surface area contributed by atoms with Crippen LogP contribution in [0.4, 0.5) is 22.0 Å². The molecule has 146 valence electrons. The zero-order valence-corrected chi connectivity index (χ0v) is 14.4. The molecule has 8 heteroatoms. The largest absolute Gasteiger partial charge is 0.487 e. The molecule has 27 heavy (non-hydrogen) atoms. The van der Waals surface area contributed by atoms with E-state index in [4.69, 9.17) is 14.2 Å². The average molecular weight is 388 g/mol. The van der Waals surface area contributed by atoms with Crippen molar-refractivity contribution >= 4 is 0 Å². The van der Waals surface area contributed by atoms with Crippen LogP contribution in [0, 0.1) is 35.0 Å². The van der Waals surface area contributed by atoms with E-state index in [0.29, 0.717) is 12.0 Å². The van der Waals surface area contributed by atoms with Gasteiger partial charge < -0.3 is 14.2 Å². The number of aryl methyl sites for hydroxylation is 1. The summed E-state index contributed by atoms with van der Waals surface area (Å²) in [6.07, 6.45) is -0.576. The molecule has 2 aromatic rings. The molecule has 3 nitrogen and oxygen atoms in total. The van der Waals surface area contributed by atoms with E-state index in [2.05, 4.69) is 0 Å². The van der Waals surface area contributed by atoms with Gasteiger partial charge in [-0.1, -0.05) is 6.92 Å². The SMILES string of the molecule is CCc1cc(F)c(OCC2COC(c3cc(F)c(F)c(F)c3)OC2)c(F)c1. The first kappa shape index (κ1) is 19.6. The molecule has 3 rings (SSSR count). The van der Waals surface area contributed by atoms with E-state index >= 15 is 0 Å². The fourth-order valence-electron chi connectivity index (χ4n) is 2.70. The molecular weight excluding hydrogens is 371 g/mol. The first-order chi connectivity index (χ1) is 12.9. The van der Waals surface area contributed by atoms with Crippen LogP contribution in [0.5, 0.6) is 5.75 Å². The molecule has 1 fully saturated rings. The minimum atomic E-state index is -1.57. The molecule has 1 heterocycles. The van der Waals surface area contributed by atoms with Gasteiger partial charge in [0.15, 0.2) is 41.1 Å². The summed E-state index contributed by atoms with van der Waals surface area (Å²) in [5.74, 6) is -6.66. The van der Waals surface area contributed by atoms with Crippen molar-refractivity contribution in [1.82, 2.24) is 0 Å². The molecule has 0 saturated carbocycles. The number of hydrogen-bond acceptors (Lipinski definition) is 3. The fourth-order valence-corrected chi connectivity index (χ4v) is 2.70. The molecule has 0 radical (unpaired) electrons. The van der Waals surface area contributed by atoms with Gasteiger partial charge in [0.05, 0.1) is 19.8 Å². The van der Waals surface area contributed by atoms with E-state index in [1.807, 2.05) is 0 Å². The van der Waals surface area contributed by atoms with Gasteiger partial charge in [0, 0.05) is 11.5 Å². The first-order valence-corrected chi connectivity index (χ1v) is 8.37. The Morgan fingerprint density at radius 1 is 0.889 bits per heavy atom. The highest BCUT2D eigenvalue weighted by Gasteiger charge is 2.26. The molecule has 0 bridgehead atoms. The third kappa shape index (κ3) is 4.39. The topological polar surface area (TPSA) is 27.7 Å². The van der Waals surface area contributed by atoms with Crippen LogP contribution in [0.25, 0.3) is 0 Å². The summed E-state index contributed by atoms with van der Waals surface area (Å²) in [5.41, 5.74) is 0.515. The Labute approximate surface area is 152 Å². The Morgan fingerprint density at radius 2 is 1.44 bits per heavy atom. The van der Waals surface area contributed by atoms with Gasteiger partial charge in [-0.15, -0.1) is 0 Å². The van der Waals surface area contributed by atoms with Gasteiger partial charge >= 0.3 is 0 Å². The third-order valence-electron chi connectivity index (χ3n) is 4.17. The Balaban J connectivity index is 1.58. The fraction of sp³-hybridized carbons (Fsp3) is 0.368. The van der Waals surface area contributed by atoms with Crippen LogP contribution in [0.3, 0.4) is 0 Å². The average Bonchev–Trinajstić information content (AvgIpc) is 2.65. The minimum Gasteiger partial charge on any atom is -0.487 e. The second-order valence-corrected chi connectivity index (χ2v) is 6.22. The lowest BCUT2D eigenvalue weighted by Crippen LogP contribution is -2.31. The van der Waals surface area contributed by atoms with Crippen LogP contribution < -0.4 is 4.74 Å². The summed E-state index contributed by atoms with van der Waals surface area (Å²) < 4.78 is 83.4. The van der Waals surface area contributed by atoms with Gasteiger partial charge in [-0.25, -0.2) is 22.0 Å². The normalized spacial score (nSPS) is 19.9.